The molecule has 1 heterocycles. The molecule has 1 aromatic rings. The fraction of sp³-hybridized carbons (Fsp3) is 0.500. The van der Waals surface area contributed by atoms with Crippen molar-refractivity contribution in [2.45, 2.75) is 30.7 Å². The monoisotopic (exact) mass is 368 g/mol. The van der Waals surface area contributed by atoms with Crippen LogP contribution in [0.3, 0.4) is 0 Å². The van der Waals surface area contributed by atoms with Crippen molar-refractivity contribution in [2.75, 3.05) is 25.5 Å². The van der Waals surface area contributed by atoms with Crippen LogP contribution in [0.1, 0.15) is 19.8 Å². The van der Waals surface area contributed by atoms with Crippen LogP contribution in [-0.2, 0) is 19.6 Å². The largest absolute Gasteiger partial charge is 0.359 e. The molecule has 4 N–H and O–H groups in total. The highest BCUT2D eigenvalue weighted by molar-refractivity contribution is 7.89. The number of primary sulfonamides is 1. The zero-order valence-corrected chi connectivity index (χ0v) is 15.2. The summed E-state index contributed by atoms with van der Waals surface area (Å²) in [6.07, 6.45) is 1.41. The Hall–Kier alpha value is -1.97. The van der Waals surface area contributed by atoms with E-state index in [0.29, 0.717) is 31.6 Å². The number of amides is 2. The molecule has 1 aliphatic rings. The van der Waals surface area contributed by atoms with Crippen molar-refractivity contribution in [3.05, 3.63) is 24.3 Å². The van der Waals surface area contributed by atoms with Crippen LogP contribution in [-0.4, -0.2) is 51.3 Å². The molecule has 8 nitrogen and oxygen atoms in total. The summed E-state index contributed by atoms with van der Waals surface area (Å²) in [5.41, 5.74) is 0.378. The lowest BCUT2D eigenvalue weighted by Crippen LogP contribution is -2.47. The lowest BCUT2D eigenvalue weighted by molar-refractivity contribution is -0.126. The van der Waals surface area contributed by atoms with Crippen molar-refractivity contribution in [3.63, 3.8) is 0 Å². The number of nitrogens with two attached hydrogens (primary N) is 1. The minimum Gasteiger partial charge on any atom is -0.359 e. The molecular weight excluding hydrogens is 344 g/mol. The molecule has 0 spiro atoms. The Morgan fingerprint density at radius 1 is 1.28 bits per heavy atom. The summed E-state index contributed by atoms with van der Waals surface area (Å²) in [4.78, 5) is 26.1. The summed E-state index contributed by atoms with van der Waals surface area (Å²) in [6.45, 7) is 3.10. The normalized spacial score (nSPS) is 17.7. The lowest BCUT2D eigenvalue weighted by atomic mass is 9.95. The first-order valence-corrected chi connectivity index (χ1v) is 9.66. The third kappa shape index (κ3) is 5.00. The molecule has 0 saturated carbocycles. The first kappa shape index (κ1) is 19.4. The van der Waals surface area contributed by atoms with E-state index in [1.807, 2.05) is 4.90 Å². The van der Waals surface area contributed by atoms with Crippen LogP contribution in [0.5, 0.6) is 0 Å². The molecule has 1 aromatic carbocycles. The fourth-order valence-corrected chi connectivity index (χ4v) is 3.48. The Morgan fingerprint density at radius 2 is 1.92 bits per heavy atom. The number of hydrogen-bond donors (Lipinski definition) is 3. The lowest BCUT2D eigenvalue weighted by Gasteiger charge is -2.34. The molecule has 0 bridgehead atoms. The van der Waals surface area contributed by atoms with Crippen LogP contribution in [0, 0.1) is 5.92 Å². The van der Waals surface area contributed by atoms with Gasteiger partial charge in [-0.2, -0.15) is 0 Å². The highest BCUT2D eigenvalue weighted by atomic mass is 32.2. The van der Waals surface area contributed by atoms with Gasteiger partial charge in [0.25, 0.3) is 0 Å². The van der Waals surface area contributed by atoms with Gasteiger partial charge in [0, 0.05) is 18.7 Å². The van der Waals surface area contributed by atoms with Crippen molar-refractivity contribution < 1.29 is 18.0 Å². The molecule has 0 unspecified atom stereocenters. The maximum Gasteiger partial charge on any atom is 0.241 e. The first-order valence-electron chi connectivity index (χ1n) is 8.11. The van der Waals surface area contributed by atoms with Crippen LogP contribution in [0.15, 0.2) is 29.2 Å². The first-order chi connectivity index (χ1) is 11.7. The van der Waals surface area contributed by atoms with Gasteiger partial charge in [-0.25, -0.2) is 13.6 Å². The van der Waals surface area contributed by atoms with Gasteiger partial charge in [0.15, 0.2) is 0 Å². The number of likely N-dealkylation sites (tertiary alicyclic amines) is 1. The summed E-state index contributed by atoms with van der Waals surface area (Å²) >= 11 is 0. The fourth-order valence-electron chi connectivity index (χ4n) is 2.92. The maximum atomic E-state index is 12.4. The van der Waals surface area contributed by atoms with Crippen molar-refractivity contribution in [1.82, 2.24) is 10.2 Å². The Balaban J connectivity index is 1.96. The highest BCUT2D eigenvalue weighted by Gasteiger charge is 2.29. The molecule has 25 heavy (non-hydrogen) atoms. The summed E-state index contributed by atoms with van der Waals surface area (Å²) in [6, 6.07) is 5.45. The van der Waals surface area contributed by atoms with Crippen LogP contribution in [0.4, 0.5) is 5.69 Å². The summed E-state index contributed by atoms with van der Waals surface area (Å²) < 4.78 is 22.8. The predicted octanol–water partition coefficient (Wildman–Crippen LogP) is 0.119. The number of piperidine rings is 1. The Bertz CT molecular complexity index is 742. The second-order valence-electron chi connectivity index (χ2n) is 6.16. The SMILES string of the molecule is CNC(=O)C1CCN([C@H](C)C(=O)Nc2cccc(S(N)(=O)=O)c2)CC1. The zero-order valence-electron chi connectivity index (χ0n) is 14.4. The number of anilines is 1. The van der Waals surface area contributed by atoms with Crippen LogP contribution in [0.2, 0.25) is 0 Å². The number of carbonyl (C=O) groups excluding carboxylic acids is 2. The van der Waals surface area contributed by atoms with Gasteiger partial charge in [0.05, 0.1) is 10.9 Å². The topological polar surface area (TPSA) is 122 Å². The van der Waals surface area contributed by atoms with Gasteiger partial charge in [0.2, 0.25) is 21.8 Å². The van der Waals surface area contributed by atoms with Gasteiger partial charge in [-0.1, -0.05) is 6.07 Å². The molecule has 0 aliphatic carbocycles. The molecule has 138 valence electrons. The minimum atomic E-state index is -3.82. The Morgan fingerprint density at radius 3 is 2.48 bits per heavy atom. The average molecular weight is 368 g/mol. The number of nitrogens with one attached hydrogen (secondary N) is 2. The van der Waals surface area contributed by atoms with Crippen molar-refractivity contribution in [3.8, 4) is 0 Å². The minimum absolute atomic E-state index is 0.0112. The predicted molar refractivity (Wildman–Crippen MR) is 94.3 cm³/mol. The number of hydrogen-bond acceptors (Lipinski definition) is 5. The molecule has 1 atom stereocenters. The molecule has 1 saturated heterocycles. The molecular formula is C16H24N4O4S. The van der Waals surface area contributed by atoms with Gasteiger partial charge < -0.3 is 10.6 Å². The molecule has 2 rings (SSSR count). The van der Waals surface area contributed by atoms with E-state index in [0.717, 1.165) is 0 Å². The van der Waals surface area contributed by atoms with E-state index < -0.39 is 10.0 Å². The number of benzene rings is 1. The van der Waals surface area contributed by atoms with Gasteiger partial charge in [-0.05, 0) is 51.1 Å². The second-order valence-corrected chi connectivity index (χ2v) is 7.72. The van der Waals surface area contributed by atoms with E-state index >= 15 is 0 Å². The summed E-state index contributed by atoms with van der Waals surface area (Å²) in [7, 11) is -2.19. The zero-order chi connectivity index (χ0) is 18.6. The van der Waals surface area contributed by atoms with E-state index in [1.165, 1.54) is 18.2 Å². The standard InChI is InChI=1S/C16H24N4O4S/c1-11(20-8-6-12(7-9-20)16(22)18-2)15(21)19-13-4-3-5-14(10-13)25(17,23)24/h3-5,10-12H,6-9H2,1-2H3,(H,18,22)(H,19,21)(H2,17,23,24)/t11-/m1/s1. The highest BCUT2D eigenvalue weighted by Crippen LogP contribution is 2.20. The van der Waals surface area contributed by atoms with E-state index in [4.69, 9.17) is 5.14 Å². The van der Waals surface area contributed by atoms with Crippen molar-refractivity contribution in [2.24, 2.45) is 11.1 Å². The number of carbonyl (C=O) groups is 2. The van der Waals surface area contributed by atoms with E-state index in [1.54, 1.807) is 20.0 Å². The van der Waals surface area contributed by atoms with Gasteiger partial charge in [-0.3, -0.25) is 14.5 Å². The summed E-state index contributed by atoms with van der Waals surface area (Å²) in [5.74, 6) is -0.204. The summed E-state index contributed by atoms with van der Waals surface area (Å²) in [5, 5.41) is 10.5. The van der Waals surface area contributed by atoms with Gasteiger partial charge in [-0.15, -0.1) is 0 Å². The Kier molecular flexibility index (Phi) is 6.15. The molecule has 0 radical (unpaired) electrons. The molecule has 1 fully saturated rings. The van der Waals surface area contributed by atoms with Gasteiger partial charge >= 0.3 is 0 Å². The molecule has 1 aliphatic heterocycles. The smallest absolute Gasteiger partial charge is 0.241 e. The quantitative estimate of drug-likeness (QED) is 0.681. The third-order valence-corrected chi connectivity index (χ3v) is 5.42. The van der Waals surface area contributed by atoms with Crippen LogP contribution >= 0.6 is 0 Å². The average Bonchev–Trinajstić information content (AvgIpc) is 2.60. The molecule has 9 heteroatoms. The van der Waals surface area contributed by atoms with Gasteiger partial charge in [0.1, 0.15) is 0 Å². The number of nitrogens with zero attached hydrogens (tertiary/aromatic N) is 1. The Labute approximate surface area is 147 Å². The van der Waals surface area contributed by atoms with E-state index in [9.17, 15) is 18.0 Å². The molecule has 2 amide bonds. The molecule has 0 aromatic heterocycles. The second kappa shape index (κ2) is 7.94. The van der Waals surface area contributed by atoms with Crippen molar-refractivity contribution in [1.29, 1.82) is 0 Å². The van der Waals surface area contributed by atoms with Crippen LogP contribution < -0.4 is 15.8 Å². The van der Waals surface area contributed by atoms with E-state index in [-0.39, 0.29) is 28.7 Å². The number of sulfonamides is 1. The number of rotatable bonds is 5. The third-order valence-electron chi connectivity index (χ3n) is 4.50. The maximum absolute atomic E-state index is 12.4. The van der Waals surface area contributed by atoms with E-state index in [2.05, 4.69) is 10.6 Å². The van der Waals surface area contributed by atoms with Crippen molar-refractivity contribution >= 4 is 27.5 Å². The van der Waals surface area contributed by atoms with Crippen LogP contribution in [0.25, 0.3) is 0 Å².